The Balaban J connectivity index is 0.000000490. The van der Waals surface area contributed by atoms with Crippen LogP contribution in [0.5, 0.6) is 0 Å². The summed E-state index contributed by atoms with van der Waals surface area (Å²) in [4.78, 5) is 6.71. The number of hydrogen-bond acceptors (Lipinski definition) is 1. The van der Waals surface area contributed by atoms with Crippen molar-refractivity contribution >= 4 is 0 Å². The van der Waals surface area contributed by atoms with E-state index in [1.54, 1.807) is 12.5 Å². The van der Waals surface area contributed by atoms with Crippen molar-refractivity contribution in [2.24, 2.45) is 0 Å². The molecule has 1 aromatic rings. The number of nitrogens with zero attached hydrogens (tertiary/aromatic N) is 1. The van der Waals surface area contributed by atoms with Gasteiger partial charge in [0.2, 0.25) is 0 Å². The molecule has 1 aromatic heterocycles. The molecule has 0 atom stereocenters. The molecular formula is C5H7N2Y+2. The largest absolute Gasteiger partial charge is 3.00 e. The minimum atomic E-state index is 0. The van der Waals surface area contributed by atoms with E-state index in [1.807, 2.05) is 0 Å². The summed E-state index contributed by atoms with van der Waals surface area (Å²) < 4.78 is 0. The summed E-state index contributed by atoms with van der Waals surface area (Å²) in [5, 5.41) is 0. The number of imidazole rings is 1. The number of rotatable bonds is 1. The van der Waals surface area contributed by atoms with Crippen LogP contribution in [0.15, 0.2) is 12.5 Å². The van der Waals surface area contributed by atoms with Crippen molar-refractivity contribution in [3.8, 4) is 0 Å². The number of aromatic amines is 1. The fraction of sp³-hybridized carbons (Fsp3) is 0.200. The van der Waals surface area contributed by atoms with Crippen LogP contribution in [0, 0.1) is 6.92 Å². The van der Waals surface area contributed by atoms with Gasteiger partial charge in [-0.1, -0.05) is 0 Å². The maximum absolute atomic E-state index is 3.80. The van der Waals surface area contributed by atoms with E-state index in [-0.39, 0.29) is 32.7 Å². The SMILES string of the molecule is [CH2-]Cc1cnc[nH]1.[Y+3]. The first kappa shape index (κ1) is 8.31. The molecule has 0 fully saturated rings. The molecule has 38 valence electrons. The number of nitrogens with one attached hydrogen (secondary N) is 1. The third kappa shape index (κ3) is 2.06. The second-order valence-corrected chi connectivity index (χ2v) is 1.33. The fourth-order valence-corrected chi connectivity index (χ4v) is 0.421. The smallest absolute Gasteiger partial charge is 0.351 e. The van der Waals surface area contributed by atoms with E-state index in [0.717, 1.165) is 12.1 Å². The van der Waals surface area contributed by atoms with E-state index in [0.29, 0.717) is 0 Å². The second-order valence-electron chi connectivity index (χ2n) is 1.33. The van der Waals surface area contributed by atoms with Crippen molar-refractivity contribution in [3.05, 3.63) is 25.1 Å². The molecule has 0 aliphatic rings. The van der Waals surface area contributed by atoms with Crippen LogP contribution >= 0.6 is 0 Å². The van der Waals surface area contributed by atoms with Crippen molar-refractivity contribution in [1.82, 2.24) is 9.97 Å². The first-order valence-electron chi connectivity index (χ1n) is 2.20. The Kier molecular flexibility index (Phi) is 4.38. The van der Waals surface area contributed by atoms with Crippen LogP contribution in [0.1, 0.15) is 5.69 Å². The molecule has 8 heavy (non-hydrogen) atoms. The Morgan fingerprint density at radius 1 is 1.75 bits per heavy atom. The van der Waals surface area contributed by atoms with Gasteiger partial charge in [-0.15, -0.1) is 6.42 Å². The van der Waals surface area contributed by atoms with E-state index >= 15 is 0 Å². The van der Waals surface area contributed by atoms with Gasteiger partial charge in [0.05, 0.1) is 6.33 Å². The number of hydrogen-bond donors (Lipinski definition) is 1. The van der Waals surface area contributed by atoms with Crippen LogP contribution in [0.4, 0.5) is 0 Å². The van der Waals surface area contributed by atoms with Gasteiger partial charge < -0.3 is 11.9 Å². The predicted octanol–water partition coefficient (Wildman–Crippen LogP) is 0.784. The van der Waals surface area contributed by atoms with Crippen LogP contribution in [0.25, 0.3) is 0 Å². The van der Waals surface area contributed by atoms with E-state index in [1.165, 1.54) is 0 Å². The van der Waals surface area contributed by atoms with E-state index in [2.05, 4.69) is 16.9 Å². The maximum Gasteiger partial charge on any atom is 3.00 e. The van der Waals surface area contributed by atoms with Gasteiger partial charge in [-0.3, -0.25) is 0 Å². The summed E-state index contributed by atoms with van der Waals surface area (Å²) in [6.07, 6.45) is 4.22. The Bertz CT molecular complexity index is 125. The Labute approximate surface area is 74.0 Å². The molecular weight excluding hydrogens is 177 g/mol. The minimum absolute atomic E-state index is 0. The van der Waals surface area contributed by atoms with Crippen molar-refractivity contribution in [1.29, 1.82) is 0 Å². The van der Waals surface area contributed by atoms with E-state index in [4.69, 9.17) is 0 Å². The zero-order valence-corrected chi connectivity index (χ0v) is 7.43. The maximum atomic E-state index is 3.80. The average molecular weight is 184 g/mol. The predicted molar refractivity (Wildman–Crippen MR) is 27.6 cm³/mol. The van der Waals surface area contributed by atoms with Gasteiger partial charge >= 0.3 is 32.7 Å². The summed E-state index contributed by atoms with van der Waals surface area (Å²) in [6.45, 7) is 3.66. The van der Waals surface area contributed by atoms with Gasteiger partial charge in [0.1, 0.15) is 0 Å². The number of H-pyrrole nitrogens is 1. The normalized spacial score (nSPS) is 8.12. The summed E-state index contributed by atoms with van der Waals surface area (Å²) in [7, 11) is 0. The standard InChI is InChI=1S/C5H7N2.Y/c1-2-5-3-6-4-7-5;/h3-4H,1-2H2,(H,6,7);/q-1;+3. The van der Waals surface area contributed by atoms with Crippen molar-refractivity contribution < 1.29 is 32.7 Å². The van der Waals surface area contributed by atoms with Gasteiger partial charge in [-0.2, -0.15) is 0 Å². The van der Waals surface area contributed by atoms with Crippen molar-refractivity contribution in [2.45, 2.75) is 6.42 Å². The minimum Gasteiger partial charge on any atom is -0.351 e. The van der Waals surface area contributed by atoms with E-state index < -0.39 is 0 Å². The van der Waals surface area contributed by atoms with Gasteiger partial charge in [0.15, 0.2) is 0 Å². The molecule has 0 unspecified atom stereocenters. The zero-order valence-electron chi connectivity index (χ0n) is 4.59. The Morgan fingerprint density at radius 3 is 2.75 bits per heavy atom. The molecule has 1 N–H and O–H groups in total. The van der Waals surface area contributed by atoms with Gasteiger partial charge in [0, 0.05) is 11.9 Å². The third-order valence-corrected chi connectivity index (χ3v) is 0.824. The second kappa shape index (κ2) is 4.22. The van der Waals surface area contributed by atoms with E-state index in [9.17, 15) is 0 Å². The molecule has 0 aliphatic carbocycles. The molecule has 1 heterocycles. The quantitative estimate of drug-likeness (QED) is 0.642. The number of aromatic nitrogens is 2. The van der Waals surface area contributed by atoms with Gasteiger partial charge in [0.25, 0.3) is 0 Å². The topological polar surface area (TPSA) is 28.7 Å². The molecule has 3 heteroatoms. The summed E-state index contributed by atoms with van der Waals surface area (Å²) in [5.74, 6) is 0. The van der Waals surface area contributed by atoms with Crippen molar-refractivity contribution in [2.75, 3.05) is 0 Å². The molecule has 0 bridgehead atoms. The van der Waals surface area contributed by atoms with Crippen LogP contribution in [-0.2, 0) is 39.1 Å². The molecule has 2 nitrogen and oxygen atoms in total. The average Bonchev–Trinajstić information content (AvgIpc) is 2.14. The van der Waals surface area contributed by atoms with Crippen molar-refractivity contribution in [3.63, 3.8) is 0 Å². The van der Waals surface area contributed by atoms with Crippen LogP contribution in [0.2, 0.25) is 0 Å². The molecule has 0 radical (unpaired) electrons. The molecule has 0 saturated carbocycles. The zero-order chi connectivity index (χ0) is 5.11. The molecule has 0 spiro atoms. The molecule has 1 rings (SSSR count). The van der Waals surface area contributed by atoms with Crippen LogP contribution in [-0.4, -0.2) is 9.97 Å². The molecule has 0 aromatic carbocycles. The van der Waals surface area contributed by atoms with Crippen LogP contribution < -0.4 is 0 Å². The van der Waals surface area contributed by atoms with Gasteiger partial charge in [-0.05, 0) is 0 Å². The Hall–Kier alpha value is 0.314. The van der Waals surface area contributed by atoms with Crippen LogP contribution in [0.3, 0.4) is 0 Å². The monoisotopic (exact) mass is 184 g/mol. The molecule has 0 amide bonds. The third-order valence-electron chi connectivity index (χ3n) is 0.824. The molecule has 0 saturated heterocycles. The first-order valence-corrected chi connectivity index (χ1v) is 2.20. The first-order chi connectivity index (χ1) is 3.43. The summed E-state index contributed by atoms with van der Waals surface area (Å²) in [5.41, 5.74) is 1.08. The van der Waals surface area contributed by atoms with Gasteiger partial charge in [-0.25, -0.2) is 4.98 Å². The summed E-state index contributed by atoms with van der Waals surface area (Å²) >= 11 is 0. The fourth-order valence-electron chi connectivity index (χ4n) is 0.421. The Morgan fingerprint density at radius 2 is 2.50 bits per heavy atom. The summed E-state index contributed by atoms with van der Waals surface area (Å²) in [6, 6.07) is 0. The molecule has 0 aliphatic heterocycles.